The van der Waals surface area contributed by atoms with Crippen molar-refractivity contribution >= 4 is 0 Å². The Hall–Kier alpha value is -0.820. The SMILES string of the molecule is CCC(C)CC(NC)C1Cc2ccccc2C1. The minimum absolute atomic E-state index is 0.678. The average Bonchev–Trinajstić information content (AvgIpc) is 2.78. The third-order valence-corrected chi connectivity index (χ3v) is 4.38. The molecule has 2 unspecified atom stereocenters. The highest BCUT2D eigenvalue weighted by Crippen LogP contribution is 2.30. The third-order valence-electron chi connectivity index (χ3n) is 4.38. The Morgan fingerprint density at radius 1 is 1.24 bits per heavy atom. The van der Waals surface area contributed by atoms with Crippen LogP contribution in [0.3, 0.4) is 0 Å². The van der Waals surface area contributed by atoms with E-state index in [0.717, 1.165) is 11.8 Å². The zero-order valence-electron chi connectivity index (χ0n) is 11.4. The second-order valence-corrected chi connectivity index (χ2v) is 5.58. The molecular weight excluding hydrogens is 206 g/mol. The Morgan fingerprint density at radius 3 is 2.29 bits per heavy atom. The van der Waals surface area contributed by atoms with Gasteiger partial charge in [-0.3, -0.25) is 0 Å². The molecule has 0 radical (unpaired) electrons. The van der Waals surface area contributed by atoms with Crippen LogP contribution in [0.15, 0.2) is 24.3 Å². The normalized spacial score (nSPS) is 19.0. The second-order valence-electron chi connectivity index (χ2n) is 5.58. The van der Waals surface area contributed by atoms with Gasteiger partial charge in [0.2, 0.25) is 0 Å². The largest absolute Gasteiger partial charge is 0.317 e. The number of nitrogens with one attached hydrogen (secondary N) is 1. The molecule has 17 heavy (non-hydrogen) atoms. The molecule has 1 aromatic carbocycles. The van der Waals surface area contributed by atoms with E-state index in [0.29, 0.717) is 6.04 Å². The first-order chi connectivity index (χ1) is 8.24. The van der Waals surface area contributed by atoms with E-state index < -0.39 is 0 Å². The van der Waals surface area contributed by atoms with Gasteiger partial charge < -0.3 is 5.32 Å². The predicted molar refractivity (Wildman–Crippen MR) is 74.3 cm³/mol. The molecule has 0 saturated carbocycles. The predicted octanol–water partition coefficient (Wildman–Crippen LogP) is 3.43. The summed E-state index contributed by atoms with van der Waals surface area (Å²) in [5.41, 5.74) is 3.14. The van der Waals surface area contributed by atoms with Crippen LogP contribution >= 0.6 is 0 Å². The molecule has 1 N–H and O–H groups in total. The van der Waals surface area contributed by atoms with Gasteiger partial charge in [0.25, 0.3) is 0 Å². The Balaban J connectivity index is 2.00. The number of rotatable bonds is 5. The summed E-state index contributed by atoms with van der Waals surface area (Å²) in [7, 11) is 2.12. The van der Waals surface area contributed by atoms with E-state index in [2.05, 4.69) is 50.5 Å². The quantitative estimate of drug-likeness (QED) is 0.818. The van der Waals surface area contributed by atoms with Gasteiger partial charge in [0.1, 0.15) is 0 Å². The van der Waals surface area contributed by atoms with E-state index in [-0.39, 0.29) is 0 Å². The third kappa shape index (κ3) is 2.90. The van der Waals surface area contributed by atoms with Crippen molar-refractivity contribution in [2.45, 2.75) is 45.6 Å². The molecule has 0 fully saturated rings. The van der Waals surface area contributed by atoms with Crippen LogP contribution < -0.4 is 5.32 Å². The Morgan fingerprint density at radius 2 is 1.82 bits per heavy atom. The number of benzene rings is 1. The van der Waals surface area contributed by atoms with Gasteiger partial charge in [-0.15, -0.1) is 0 Å². The lowest BCUT2D eigenvalue weighted by atomic mass is 9.88. The first-order valence-corrected chi connectivity index (χ1v) is 6.98. The van der Waals surface area contributed by atoms with Crippen molar-refractivity contribution in [1.82, 2.24) is 5.32 Å². The van der Waals surface area contributed by atoms with Gasteiger partial charge in [-0.05, 0) is 49.3 Å². The Bertz CT molecular complexity index is 333. The summed E-state index contributed by atoms with van der Waals surface area (Å²) in [6.07, 6.45) is 5.12. The van der Waals surface area contributed by atoms with Crippen LogP contribution in [0.25, 0.3) is 0 Å². The van der Waals surface area contributed by atoms with Gasteiger partial charge in [0.05, 0.1) is 0 Å². The molecule has 2 rings (SSSR count). The molecule has 0 amide bonds. The van der Waals surface area contributed by atoms with Gasteiger partial charge in [0, 0.05) is 6.04 Å². The minimum atomic E-state index is 0.678. The van der Waals surface area contributed by atoms with Crippen LogP contribution in [0.5, 0.6) is 0 Å². The van der Waals surface area contributed by atoms with Crippen LogP contribution in [0.2, 0.25) is 0 Å². The van der Waals surface area contributed by atoms with Crippen molar-refractivity contribution in [1.29, 1.82) is 0 Å². The molecule has 0 aliphatic heterocycles. The van der Waals surface area contributed by atoms with Crippen LogP contribution in [-0.2, 0) is 12.8 Å². The lowest BCUT2D eigenvalue weighted by molar-refractivity contribution is 0.316. The van der Waals surface area contributed by atoms with Gasteiger partial charge >= 0.3 is 0 Å². The summed E-state index contributed by atoms with van der Waals surface area (Å²) in [6.45, 7) is 4.66. The van der Waals surface area contributed by atoms with Gasteiger partial charge in [-0.1, -0.05) is 44.5 Å². The topological polar surface area (TPSA) is 12.0 Å². The molecular formula is C16H25N. The van der Waals surface area contributed by atoms with Crippen LogP contribution in [0, 0.1) is 11.8 Å². The van der Waals surface area contributed by atoms with E-state index in [4.69, 9.17) is 0 Å². The maximum atomic E-state index is 3.54. The fourth-order valence-electron chi connectivity index (χ4n) is 3.02. The number of hydrogen-bond acceptors (Lipinski definition) is 1. The van der Waals surface area contributed by atoms with E-state index in [9.17, 15) is 0 Å². The average molecular weight is 231 g/mol. The van der Waals surface area contributed by atoms with E-state index >= 15 is 0 Å². The van der Waals surface area contributed by atoms with E-state index in [1.165, 1.54) is 25.7 Å². The van der Waals surface area contributed by atoms with Gasteiger partial charge in [-0.25, -0.2) is 0 Å². The maximum Gasteiger partial charge on any atom is 0.0101 e. The molecule has 1 aliphatic rings. The Labute approximate surface area is 106 Å². The molecule has 94 valence electrons. The smallest absolute Gasteiger partial charge is 0.0101 e. The van der Waals surface area contributed by atoms with Crippen molar-refractivity contribution in [2.24, 2.45) is 11.8 Å². The highest BCUT2D eigenvalue weighted by molar-refractivity contribution is 5.32. The summed E-state index contributed by atoms with van der Waals surface area (Å²) >= 11 is 0. The van der Waals surface area contributed by atoms with E-state index in [1.807, 2.05) is 0 Å². The minimum Gasteiger partial charge on any atom is -0.317 e. The van der Waals surface area contributed by atoms with Gasteiger partial charge in [0.15, 0.2) is 0 Å². The summed E-state index contributed by atoms with van der Waals surface area (Å²) in [5, 5.41) is 3.54. The lowest BCUT2D eigenvalue weighted by Crippen LogP contribution is -2.35. The summed E-state index contributed by atoms with van der Waals surface area (Å²) < 4.78 is 0. The fourth-order valence-corrected chi connectivity index (χ4v) is 3.02. The van der Waals surface area contributed by atoms with Gasteiger partial charge in [-0.2, -0.15) is 0 Å². The Kier molecular flexibility index (Phi) is 4.22. The molecule has 1 nitrogen and oxygen atoms in total. The molecule has 1 aromatic rings. The molecule has 0 heterocycles. The second kappa shape index (κ2) is 5.68. The molecule has 0 spiro atoms. The standard InChI is InChI=1S/C16H25N/c1-4-12(2)9-16(17-3)15-10-13-7-5-6-8-14(13)11-15/h5-8,12,15-17H,4,9-11H2,1-3H3. The first-order valence-electron chi connectivity index (χ1n) is 6.98. The summed E-state index contributed by atoms with van der Waals surface area (Å²) in [6, 6.07) is 9.61. The maximum absolute atomic E-state index is 3.54. The van der Waals surface area contributed by atoms with Crippen LogP contribution in [0.1, 0.15) is 37.8 Å². The summed E-state index contributed by atoms with van der Waals surface area (Å²) in [4.78, 5) is 0. The van der Waals surface area contributed by atoms with E-state index in [1.54, 1.807) is 11.1 Å². The van der Waals surface area contributed by atoms with Crippen molar-refractivity contribution in [3.63, 3.8) is 0 Å². The zero-order valence-corrected chi connectivity index (χ0v) is 11.4. The lowest BCUT2D eigenvalue weighted by Gasteiger charge is -2.25. The molecule has 1 heteroatoms. The molecule has 0 saturated heterocycles. The van der Waals surface area contributed by atoms with Crippen molar-refractivity contribution in [3.8, 4) is 0 Å². The highest BCUT2D eigenvalue weighted by Gasteiger charge is 2.28. The zero-order chi connectivity index (χ0) is 12.3. The monoisotopic (exact) mass is 231 g/mol. The van der Waals surface area contributed by atoms with Crippen molar-refractivity contribution < 1.29 is 0 Å². The fraction of sp³-hybridized carbons (Fsp3) is 0.625. The molecule has 0 aromatic heterocycles. The number of fused-ring (bicyclic) bond motifs is 1. The van der Waals surface area contributed by atoms with Crippen LogP contribution in [0.4, 0.5) is 0 Å². The van der Waals surface area contributed by atoms with Crippen molar-refractivity contribution in [2.75, 3.05) is 7.05 Å². The summed E-state index contributed by atoms with van der Waals surface area (Å²) in [5.74, 6) is 1.63. The highest BCUT2D eigenvalue weighted by atomic mass is 14.9. The first kappa shape index (κ1) is 12.6. The molecule has 0 bridgehead atoms. The van der Waals surface area contributed by atoms with Crippen LogP contribution in [-0.4, -0.2) is 13.1 Å². The molecule has 2 atom stereocenters. The van der Waals surface area contributed by atoms with Crippen molar-refractivity contribution in [3.05, 3.63) is 35.4 Å². The molecule has 1 aliphatic carbocycles. The number of hydrogen-bond donors (Lipinski definition) is 1.